The number of nitrogens with one attached hydrogen (secondary N) is 4. The van der Waals surface area contributed by atoms with E-state index in [1.54, 1.807) is 65.8 Å². The largest absolute Gasteiger partial charge is 1.00 e. The molecule has 7 aromatic rings. The van der Waals surface area contributed by atoms with Gasteiger partial charge in [-0.2, -0.15) is 10.2 Å². The van der Waals surface area contributed by atoms with Gasteiger partial charge in [0.15, 0.2) is 5.69 Å². The van der Waals surface area contributed by atoms with Crippen LogP contribution in [0, 0.1) is 0 Å². The van der Waals surface area contributed by atoms with Gasteiger partial charge in [0.25, 0.3) is 29.5 Å². The number of alkyl halides is 1. The van der Waals surface area contributed by atoms with Crippen molar-refractivity contribution in [2.75, 3.05) is 39.8 Å². The average Bonchev–Trinajstić information content (AvgIpc) is 4.13. The molecule has 1 unspecified atom stereocenters. The number of rotatable bonds is 14. The van der Waals surface area contributed by atoms with E-state index in [2.05, 4.69) is 31.5 Å². The number of anilines is 4. The maximum Gasteiger partial charge on any atom is 0.278 e. The van der Waals surface area contributed by atoms with Gasteiger partial charge in [-0.15, -0.1) is 11.6 Å². The molecule has 9 N–H and O–H groups in total. The summed E-state index contributed by atoms with van der Waals surface area (Å²) >= 11 is 6.46. The molecule has 342 valence electrons. The van der Waals surface area contributed by atoms with Crippen LogP contribution < -0.4 is 49.7 Å². The van der Waals surface area contributed by atoms with Gasteiger partial charge in [0.05, 0.1) is 41.9 Å². The third-order valence-corrected chi connectivity index (χ3v) is 11.5. The smallest absolute Gasteiger partial charge is 0.278 e. The van der Waals surface area contributed by atoms with Gasteiger partial charge in [0, 0.05) is 89.2 Å². The van der Waals surface area contributed by atoms with Crippen molar-refractivity contribution >= 4 is 80.6 Å². The first kappa shape index (κ1) is 46.2. The molecule has 2 aromatic carbocycles. The molecular formula is C44H46Cl2N14O6. The molecule has 5 amide bonds. The molecule has 22 heteroatoms. The van der Waals surface area contributed by atoms with E-state index in [1.807, 2.05) is 30.3 Å². The second-order valence-corrected chi connectivity index (χ2v) is 16.1. The van der Waals surface area contributed by atoms with Crippen molar-refractivity contribution in [3.63, 3.8) is 0 Å². The van der Waals surface area contributed by atoms with Crippen LogP contribution in [0.3, 0.4) is 0 Å². The van der Waals surface area contributed by atoms with E-state index >= 15 is 0 Å². The number of amides is 5. The van der Waals surface area contributed by atoms with Crippen LogP contribution in [0.5, 0.6) is 5.75 Å². The van der Waals surface area contributed by atoms with Gasteiger partial charge in [-0.1, -0.05) is 30.3 Å². The number of carbonyl (C=O) groups excluding carboxylic acids is 5. The summed E-state index contributed by atoms with van der Waals surface area (Å²) in [6, 6.07) is 17.2. The van der Waals surface area contributed by atoms with Crippen molar-refractivity contribution < 1.29 is 46.9 Å². The summed E-state index contributed by atoms with van der Waals surface area (Å²) in [5.74, 6) is -2.30. The molecule has 0 bridgehead atoms. The molecule has 1 aliphatic heterocycles. The molecule has 5 aromatic heterocycles. The summed E-state index contributed by atoms with van der Waals surface area (Å²) < 4.78 is 7.66. The lowest BCUT2D eigenvalue weighted by atomic mass is 9.99. The maximum atomic E-state index is 14.1. The van der Waals surface area contributed by atoms with Gasteiger partial charge in [0.1, 0.15) is 34.0 Å². The van der Waals surface area contributed by atoms with Crippen molar-refractivity contribution in [2.24, 2.45) is 33.9 Å². The number of phenolic OH excluding ortho intramolecular Hbond substituents is 1. The van der Waals surface area contributed by atoms with E-state index in [0.717, 1.165) is 11.1 Å². The minimum Gasteiger partial charge on any atom is -1.00 e. The number of carbonyl (C=O) groups is 5. The number of aromatic nitrogens is 7. The van der Waals surface area contributed by atoms with E-state index in [-0.39, 0.29) is 77.6 Å². The third-order valence-electron chi connectivity index (χ3n) is 11.1. The number of hydrogen-bond donors (Lipinski definition) is 7. The highest BCUT2D eigenvalue weighted by molar-refractivity contribution is 6.19. The minimum atomic E-state index is -0.581. The first-order valence-corrected chi connectivity index (χ1v) is 20.9. The molecule has 0 aliphatic carbocycles. The Kier molecular flexibility index (Phi) is 13.1. The number of aromatic hydroxyl groups is 1. The zero-order chi connectivity index (χ0) is 46.3. The fraction of sp³-hybridized carbons (Fsp3) is 0.227. The number of halogens is 2. The Morgan fingerprint density at radius 2 is 1.35 bits per heavy atom. The highest BCUT2D eigenvalue weighted by Gasteiger charge is 2.37. The predicted octanol–water partition coefficient (Wildman–Crippen LogP) is -0.481. The summed E-state index contributed by atoms with van der Waals surface area (Å²) in [6.45, 7) is 0.927. The number of hydrogen-bond acceptors (Lipinski definition) is 8. The zero-order valence-electron chi connectivity index (χ0n) is 36.2. The minimum absolute atomic E-state index is 0. The van der Waals surface area contributed by atoms with E-state index in [9.17, 15) is 29.1 Å². The van der Waals surface area contributed by atoms with Crippen LogP contribution in [-0.2, 0) is 34.7 Å². The average molecular weight is 938 g/mol. The number of aryl methyl sites for hydroxylation is 4. The second kappa shape index (κ2) is 18.7. The number of benzene rings is 2. The van der Waals surface area contributed by atoms with E-state index < -0.39 is 23.6 Å². The fourth-order valence-corrected chi connectivity index (χ4v) is 8.27. The Labute approximate surface area is 388 Å². The van der Waals surface area contributed by atoms with Crippen molar-refractivity contribution in [3.05, 3.63) is 125 Å². The number of fused-ring (bicyclic) bond motifs is 3. The van der Waals surface area contributed by atoms with Gasteiger partial charge < -0.3 is 57.4 Å². The first-order valence-electron chi connectivity index (χ1n) is 20.3. The van der Waals surface area contributed by atoms with Crippen LogP contribution in [0.25, 0.3) is 10.9 Å². The number of nitrogens with zero attached hydrogens (tertiary/aromatic N) is 8. The van der Waals surface area contributed by atoms with Gasteiger partial charge in [-0.25, -0.2) is 0 Å². The molecule has 0 radical (unpaired) electrons. The molecule has 0 fully saturated rings. The first-order chi connectivity index (χ1) is 31.1. The predicted molar refractivity (Wildman–Crippen MR) is 243 cm³/mol. The van der Waals surface area contributed by atoms with Crippen LogP contribution in [0.1, 0.15) is 75.9 Å². The molecule has 1 atom stereocenters. The van der Waals surface area contributed by atoms with Gasteiger partial charge in [0.2, 0.25) is 5.84 Å². The molecule has 0 saturated carbocycles. The lowest BCUT2D eigenvalue weighted by Crippen LogP contribution is -3.00. The van der Waals surface area contributed by atoms with Crippen molar-refractivity contribution in [1.82, 2.24) is 38.6 Å². The standard InChI is InChI=1S/C44H45ClN14O6.ClH/c1-54-21-26(12-32(54)40(61)48-11-10-37(46)47)50-41(62)33-13-27(22-55(33)2)51-42(63)34-14-28(23-56(34)3)52-43(64)35-15-30(53-57(35)4)44(65)58-20-25(17-45)38-29-18-49-59(19-24-8-6-5-7-9-24)39(29)36(60)16-31(38)58;/h5-9,12-16,18,21-23,25,60H,10-11,17,19-20H2,1-4H3,(H3,46,47)(H,48,61)(H,50,62)(H,51,63)(H,52,64);1H. The normalized spacial score (nSPS) is 13.0. The third kappa shape index (κ3) is 9.08. The summed E-state index contributed by atoms with van der Waals surface area (Å²) in [4.78, 5) is 68.5. The molecule has 6 heterocycles. The SMILES string of the molecule is Cn1cc(NC(=O)c2cc(NC(=O)c3cc(NC(=O)c4cc(C(=O)N5CC(CCl)c6c5cc(O)c5c6cnn5Cc5ccccc5)nn4C)cn3C)cn2C)cc1C(=O)NCCC(N)=[NH2+].[Cl-]. The van der Waals surface area contributed by atoms with Crippen LogP contribution in [-0.4, -0.2) is 92.7 Å². The quantitative estimate of drug-likeness (QED) is 0.0422. The van der Waals surface area contributed by atoms with Crippen molar-refractivity contribution in [3.8, 4) is 5.75 Å². The molecule has 20 nitrogen and oxygen atoms in total. The molecule has 1 aliphatic rings. The van der Waals surface area contributed by atoms with Crippen LogP contribution in [0.4, 0.5) is 22.7 Å². The molecule has 8 rings (SSSR count). The monoisotopic (exact) mass is 936 g/mol. The Hall–Kier alpha value is -7.84. The lowest BCUT2D eigenvalue weighted by Gasteiger charge is -2.17. The number of phenols is 1. The summed E-state index contributed by atoms with van der Waals surface area (Å²) in [5, 5.41) is 37.4. The highest BCUT2D eigenvalue weighted by atomic mass is 35.5. The topological polar surface area (TPSA) is 259 Å². The van der Waals surface area contributed by atoms with Crippen LogP contribution >= 0.6 is 11.6 Å². The molecule has 66 heavy (non-hydrogen) atoms. The van der Waals surface area contributed by atoms with Crippen LogP contribution in [0.2, 0.25) is 0 Å². The van der Waals surface area contributed by atoms with Crippen molar-refractivity contribution in [1.29, 1.82) is 0 Å². The summed E-state index contributed by atoms with van der Waals surface area (Å²) in [6.07, 6.45) is 6.73. The summed E-state index contributed by atoms with van der Waals surface area (Å²) in [5.41, 5.74) is 10.1. The Morgan fingerprint density at radius 1 is 0.803 bits per heavy atom. The molecule has 0 spiro atoms. The highest BCUT2D eigenvalue weighted by Crippen LogP contribution is 2.45. The second-order valence-electron chi connectivity index (χ2n) is 15.8. The van der Waals surface area contributed by atoms with Gasteiger partial charge >= 0.3 is 0 Å². The maximum absolute atomic E-state index is 14.1. The number of nitrogens with two attached hydrogens (primary N) is 2. The van der Waals surface area contributed by atoms with Crippen LogP contribution in [0.15, 0.2) is 85.5 Å². The van der Waals surface area contributed by atoms with Crippen molar-refractivity contribution in [2.45, 2.75) is 18.9 Å². The van der Waals surface area contributed by atoms with Gasteiger partial charge in [-0.05, 0) is 29.3 Å². The zero-order valence-corrected chi connectivity index (χ0v) is 37.7. The summed E-state index contributed by atoms with van der Waals surface area (Å²) in [7, 11) is 6.49. The molecular weight excluding hydrogens is 891 g/mol. The van der Waals surface area contributed by atoms with E-state index in [1.165, 1.54) is 45.5 Å². The van der Waals surface area contributed by atoms with E-state index in [0.29, 0.717) is 52.3 Å². The fourth-order valence-electron chi connectivity index (χ4n) is 8.02. The Bertz CT molecular complexity index is 3050. The lowest BCUT2D eigenvalue weighted by molar-refractivity contribution is -0.117. The van der Waals surface area contributed by atoms with Gasteiger partial charge in [-0.3, -0.25) is 44.5 Å². The Morgan fingerprint density at radius 3 is 1.89 bits per heavy atom. The molecule has 0 saturated heterocycles. The Balaban J connectivity index is 0.00000648. The number of amidine groups is 1. The van der Waals surface area contributed by atoms with E-state index in [4.69, 9.17) is 22.7 Å².